The number of ether oxygens (including phenoxy) is 1. The number of rotatable bonds is 4. The summed E-state index contributed by atoms with van der Waals surface area (Å²) in [5, 5.41) is 7.54. The van der Waals surface area contributed by atoms with E-state index in [1.54, 1.807) is 7.11 Å². The van der Waals surface area contributed by atoms with Crippen molar-refractivity contribution in [3.05, 3.63) is 28.2 Å². The summed E-state index contributed by atoms with van der Waals surface area (Å²) in [6.07, 6.45) is 2.27. The highest BCUT2D eigenvalue weighted by atomic mass is 79.9. The quantitative estimate of drug-likeness (QED) is 0.825. The van der Waals surface area contributed by atoms with Gasteiger partial charge in [-0.2, -0.15) is 0 Å². The molecule has 0 spiro atoms. The normalized spacial score (nSPS) is 22.3. The second kappa shape index (κ2) is 6.50. The molecule has 22 heavy (non-hydrogen) atoms. The van der Waals surface area contributed by atoms with Crippen molar-refractivity contribution in [2.45, 2.75) is 70.6 Å². The van der Waals surface area contributed by atoms with Crippen LogP contribution in [0.25, 0.3) is 0 Å². The molecule has 1 heterocycles. The van der Waals surface area contributed by atoms with Crippen molar-refractivity contribution in [3.8, 4) is 5.75 Å². The maximum atomic E-state index is 5.31. The zero-order chi connectivity index (χ0) is 16.5. The van der Waals surface area contributed by atoms with Crippen LogP contribution in [0.4, 0.5) is 0 Å². The van der Waals surface area contributed by atoms with Crippen molar-refractivity contribution in [2.75, 3.05) is 7.11 Å². The van der Waals surface area contributed by atoms with E-state index in [1.165, 1.54) is 5.56 Å². The molecule has 1 unspecified atom stereocenters. The zero-order valence-electron chi connectivity index (χ0n) is 14.6. The minimum Gasteiger partial charge on any atom is -0.496 e. The highest BCUT2D eigenvalue weighted by Crippen LogP contribution is 2.32. The summed E-state index contributed by atoms with van der Waals surface area (Å²) < 4.78 is 6.32. The maximum Gasteiger partial charge on any atom is 0.133 e. The molecule has 1 aliphatic heterocycles. The molecule has 0 aliphatic carbocycles. The molecule has 1 saturated heterocycles. The summed E-state index contributed by atoms with van der Waals surface area (Å²) in [5.41, 5.74) is 1.61. The lowest BCUT2D eigenvalue weighted by molar-refractivity contribution is 0.141. The fourth-order valence-electron chi connectivity index (χ4n) is 3.84. The Morgan fingerprint density at radius 1 is 1.23 bits per heavy atom. The number of piperidine rings is 1. The van der Waals surface area contributed by atoms with Crippen LogP contribution >= 0.6 is 15.9 Å². The van der Waals surface area contributed by atoms with Crippen LogP contribution < -0.4 is 15.4 Å². The number of benzene rings is 1. The van der Waals surface area contributed by atoms with Gasteiger partial charge in [-0.3, -0.25) is 0 Å². The molecule has 1 fully saturated rings. The molecule has 2 N–H and O–H groups in total. The monoisotopic (exact) mass is 368 g/mol. The fourth-order valence-corrected chi connectivity index (χ4v) is 4.40. The molecule has 0 amide bonds. The molecule has 1 aliphatic rings. The summed E-state index contributed by atoms with van der Waals surface area (Å²) in [5.74, 6) is 0.875. The van der Waals surface area contributed by atoms with Gasteiger partial charge in [0.1, 0.15) is 5.75 Å². The summed E-state index contributed by atoms with van der Waals surface area (Å²) in [6.45, 7) is 11.4. The number of nitrogens with one attached hydrogen (secondary N) is 2. The van der Waals surface area contributed by atoms with Crippen LogP contribution in [-0.2, 0) is 0 Å². The minimum absolute atomic E-state index is 0.166. The first kappa shape index (κ1) is 17.8. The molecule has 0 aromatic heterocycles. The van der Waals surface area contributed by atoms with E-state index < -0.39 is 0 Å². The standard InChI is InChI=1S/C18H29BrN2O/c1-12(13-7-8-16(22-6)15(19)9-13)20-14-10-17(2,3)21-18(4,5)11-14/h7-9,12,14,20-21H,10-11H2,1-6H3. The number of hydrogen-bond acceptors (Lipinski definition) is 3. The van der Waals surface area contributed by atoms with E-state index in [2.05, 4.69) is 73.3 Å². The van der Waals surface area contributed by atoms with E-state index in [-0.39, 0.29) is 11.1 Å². The Morgan fingerprint density at radius 2 is 1.82 bits per heavy atom. The van der Waals surface area contributed by atoms with Gasteiger partial charge in [-0.15, -0.1) is 0 Å². The molecule has 1 aromatic rings. The van der Waals surface area contributed by atoms with Crippen molar-refractivity contribution < 1.29 is 4.74 Å². The third-order valence-corrected chi connectivity index (χ3v) is 4.97. The van der Waals surface area contributed by atoms with Crippen LogP contribution in [0.2, 0.25) is 0 Å². The molecule has 1 atom stereocenters. The SMILES string of the molecule is COc1ccc(C(C)NC2CC(C)(C)NC(C)(C)C2)cc1Br. The van der Waals surface area contributed by atoms with Gasteiger partial charge in [-0.1, -0.05) is 6.07 Å². The van der Waals surface area contributed by atoms with Gasteiger partial charge < -0.3 is 15.4 Å². The molecular formula is C18H29BrN2O. The van der Waals surface area contributed by atoms with Gasteiger partial charge in [0, 0.05) is 23.2 Å². The Bertz CT molecular complexity index is 512. The molecule has 4 heteroatoms. The molecule has 0 bridgehead atoms. The largest absolute Gasteiger partial charge is 0.496 e. The van der Waals surface area contributed by atoms with Gasteiger partial charge >= 0.3 is 0 Å². The summed E-state index contributed by atoms with van der Waals surface area (Å²) in [7, 11) is 1.70. The minimum atomic E-state index is 0.166. The lowest BCUT2D eigenvalue weighted by Crippen LogP contribution is -2.61. The maximum absolute atomic E-state index is 5.31. The zero-order valence-corrected chi connectivity index (χ0v) is 16.2. The van der Waals surface area contributed by atoms with E-state index in [9.17, 15) is 0 Å². The van der Waals surface area contributed by atoms with Crippen molar-refractivity contribution in [3.63, 3.8) is 0 Å². The van der Waals surface area contributed by atoms with Crippen LogP contribution in [0.1, 0.15) is 59.1 Å². The molecule has 3 nitrogen and oxygen atoms in total. The molecule has 0 saturated carbocycles. The van der Waals surface area contributed by atoms with Gasteiger partial charge in [0.25, 0.3) is 0 Å². The predicted octanol–water partition coefficient (Wildman–Crippen LogP) is 4.42. The third kappa shape index (κ3) is 4.46. The van der Waals surface area contributed by atoms with Crippen molar-refractivity contribution in [1.82, 2.24) is 10.6 Å². The van der Waals surface area contributed by atoms with E-state index in [0.29, 0.717) is 12.1 Å². The highest BCUT2D eigenvalue weighted by molar-refractivity contribution is 9.10. The molecule has 2 rings (SSSR count). The van der Waals surface area contributed by atoms with Crippen molar-refractivity contribution >= 4 is 15.9 Å². The Labute approximate surface area is 143 Å². The third-order valence-electron chi connectivity index (χ3n) is 4.35. The summed E-state index contributed by atoms with van der Waals surface area (Å²) >= 11 is 3.57. The summed E-state index contributed by atoms with van der Waals surface area (Å²) in [6, 6.07) is 7.14. The van der Waals surface area contributed by atoms with Gasteiger partial charge in [0.05, 0.1) is 11.6 Å². The first-order valence-corrected chi connectivity index (χ1v) is 8.80. The Hall–Kier alpha value is -0.580. The van der Waals surface area contributed by atoms with E-state index in [1.807, 2.05) is 6.07 Å². The molecule has 1 aromatic carbocycles. The van der Waals surface area contributed by atoms with Crippen molar-refractivity contribution in [2.24, 2.45) is 0 Å². The van der Waals surface area contributed by atoms with Crippen LogP contribution in [0, 0.1) is 0 Å². The number of hydrogen-bond donors (Lipinski definition) is 2. The Morgan fingerprint density at radius 3 is 2.32 bits per heavy atom. The van der Waals surface area contributed by atoms with E-state index in [0.717, 1.165) is 23.1 Å². The first-order chi connectivity index (χ1) is 10.1. The van der Waals surface area contributed by atoms with Crippen molar-refractivity contribution in [1.29, 1.82) is 0 Å². The number of halogens is 1. The van der Waals surface area contributed by atoms with Gasteiger partial charge in [-0.25, -0.2) is 0 Å². The average Bonchev–Trinajstić information content (AvgIpc) is 2.34. The van der Waals surface area contributed by atoms with Crippen LogP contribution in [0.15, 0.2) is 22.7 Å². The first-order valence-electron chi connectivity index (χ1n) is 8.01. The topological polar surface area (TPSA) is 33.3 Å². The second-order valence-corrected chi connectivity index (χ2v) is 8.63. The Balaban J connectivity index is 2.08. The second-order valence-electron chi connectivity index (χ2n) is 7.78. The lowest BCUT2D eigenvalue weighted by atomic mass is 9.79. The molecule has 0 radical (unpaired) electrons. The smallest absolute Gasteiger partial charge is 0.133 e. The molecular weight excluding hydrogens is 340 g/mol. The van der Waals surface area contributed by atoms with E-state index >= 15 is 0 Å². The number of methoxy groups -OCH3 is 1. The average molecular weight is 369 g/mol. The van der Waals surface area contributed by atoms with Gasteiger partial charge in [-0.05, 0) is 81.1 Å². The van der Waals surface area contributed by atoms with Crippen LogP contribution in [-0.4, -0.2) is 24.2 Å². The lowest BCUT2D eigenvalue weighted by Gasteiger charge is -2.47. The Kier molecular flexibility index (Phi) is 5.25. The van der Waals surface area contributed by atoms with Crippen LogP contribution in [0.5, 0.6) is 5.75 Å². The van der Waals surface area contributed by atoms with E-state index in [4.69, 9.17) is 4.74 Å². The van der Waals surface area contributed by atoms with Crippen LogP contribution in [0.3, 0.4) is 0 Å². The summed E-state index contributed by atoms with van der Waals surface area (Å²) in [4.78, 5) is 0. The molecule has 124 valence electrons. The fraction of sp³-hybridized carbons (Fsp3) is 0.667. The highest BCUT2D eigenvalue weighted by Gasteiger charge is 2.37. The predicted molar refractivity (Wildman–Crippen MR) is 96.6 cm³/mol. The van der Waals surface area contributed by atoms with Gasteiger partial charge in [0.15, 0.2) is 0 Å². The van der Waals surface area contributed by atoms with Gasteiger partial charge in [0.2, 0.25) is 0 Å².